The fourth-order valence-electron chi connectivity index (χ4n) is 0.658. The Labute approximate surface area is 68.1 Å². The fourth-order valence-corrected chi connectivity index (χ4v) is 0.658. The van der Waals surface area contributed by atoms with Gasteiger partial charge in [-0.15, -0.1) is 0 Å². The van der Waals surface area contributed by atoms with Gasteiger partial charge in [0.2, 0.25) is 0 Å². The Kier molecular flexibility index (Phi) is 1.65. The molecule has 0 heterocycles. The number of hydrogen-bond acceptors (Lipinski definition) is 4. The van der Waals surface area contributed by atoms with E-state index in [9.17, 15) is 20.2 Å². The highest BCUT2D eigenvalue weighted by Crippen LogP contribution is 2.18. The molecule has 0 aliphatic carbocycles. The molecule has 0 aromatic heterocycles. The van der Waals surface area contributed by atoms with Gasteiger partial charge in [-0.25, -0.2) is 0 Å². The van der Waals surface area contributed by atoms with Crippen molar-refractivity contribution in [2.75, 3.05) is 0 Å². The van der Waals surface area contributed by atoms with E-state index in [0.717, 1.165) is 12.1 Å². The maximum absolute atomic E-state index is 10.3. The van der Waals surface area contributed by atoms with E-state index in [1.165, 1.54) is 6.07 Å². The molecule has 0 atom stereocenters. The van der Waals surface area contributed by atoms with Crippen LogP contribution in [0.4, 0.5) is 11.4 Å². The van der Waals surface area contributed by atoms with Crippen LogP contribution in [0.5, 0.6) is 0 Å². The zero-order valence-corrected chi connectivity index (χ0v) is 5.76. The second kappa shape index (κ2) is 2.95. The fraction of sp³-hybridized carbons (Fsp3) is 0. The molecule has 6 heteroatoms. The van der Waals surface area contributed by atoms with E-state index in [2.05, 4.69) is 0 Å². The van der Waals surface area contributed by atoms with Crippen molar-refractivity contribution in [3.8, 4) is 0 Å². The maximum atomic E-state index is 10.3. The van der Waals surface area contributed by atoms with E-state index in [1.54, 1.807) is 0 Å². The zero-order chi connectivity index (χ0) is 10.0. The van der Waals surface area contributed by atoms with Crippen LogP contribution in [0, 0.1) is 20.2 Å². The molecule has 1 rings (SSSR count). The van der Waals surface area contributed by atoms with Gasteiger partial charge in [0, 0.05) is 12.1 Å². The molecule has 1 aromatic carbocycles. The van der Waals surface area contributed by atoms with Crippen molar-refractivity contribution in [3.63, 3.8) is 0 Å². The summed E-state index contributed by atoms with van der Waals surface area (Å²) in [5.41, 5.74) is -1.12. The number of nitro benzene ring substituents is 2. The van der Waals surface area contributed by atoms with Crippen LogP contribution in [0.2, 0.25) is 0 Å². The molecule has 0 unspecified atom stereocenters. The Bertz CT molecular complexity index is 347. The summed E-state index contributed by atoms with van der Waals surface area (Å²) in [4.78, 5) is 18.9. The summed E-state index contributed by atoms with van der Waals surface area (Å²) in [5.74, 6) is 0. The molecule has 0 spiro atoms. The molecule has 6 nitrogen and oxygen atoms in total. The molecule has 62 valence electrons. The van der Waals surface area contributed by atoms with Crippen LogP contribution in [0.15, 0.2) is 24.2 Å². The van der Waals surface area contributed by atoms with E-state index in [4.69, 9.17) is 1.37 Å². The van der Waals surface area contributed by atoms with Crippen LogP contribution in [-0.4, -0.2) is 9.85 Å². The van der Waals surface area contributed by atoms with Crippen molar-refractivity contribution in [2.24, 2.45) is 0 Å². The Morgan fingerprint density at radius 2 is 1.58 bits per heavy atom. The summed E-state index contributed by atoms with van der Waals surface area (Å²) in [5, 5.41) is 20.5. The first-order valence-corrected chi connectivity index (χ1v) is 2.92. The molecular weight excluding hydrogens is 164 g/mol. The lowest BCUT2D eigenvalue weighted by Gasteiger charge is -1.90. The van der Waals surface area contributed by atoms with Gasteiger partial charge in [0.05, 0.1) is 17.3 Å². The molecule has 0 aliphatic rings. The van der Waals surface area contributed by atoms with Crippen molar-refractivity contribution in [3.05, 3.63) is 44.5 Å². The first-order chi connectivity index (χ1) is 6.04. The lowest BCUT2D eigenvalue weighted by molar-refractivity contribution is -0.394. The lowest BCUT2D eigenvalue weighted by Crippen LogP contribution is -1.91. The van der Waals surface area contributed by atoms with Gasteiger partial charge in [-0.2, -0.15) is 0 Å². The highest BCUT2D eigenvalue weighted by atomic mass is 16.6. The highest BCUT2D eigenvalue weighted by Gasteiger charge is 2.11. The second-order valence-corrected chi connectivity index (χ2v) is 1.94. The average molecular weight is 170 g/mol. The maximum Gasteiger partial charge on any atom is 0.276 e. The Morgan fingerprint density at radius 1 is 1.17 bits per heavy atom. The predicted octanol–water partition coefficient (Wildman–Crippen LogP) is 1.50. The first kappa shape index (κ1) is 6.71. The molecule has 0 saturated carbocycles. The SMILES string of the molecule is [3H]c1c([N+](=O)[O-])cccc1[N+](=O)[O-]. The molecule has 0 fully saturated rings. The zero-order valence-electron chi connectivity index (χ0n) is 6.76. The van der Waals surface area contributed by atoms with Crippen LogP contribution in [-0.2, 0) is 0 Å². The summed E-state index contributed by atoms with van der Waals surface area (Å²) < 4.78 is 7.12. The number of hydrogen-bond donors (Lipinski definition) is 0. The van der Waals surface area contributed by atoms with Crippen LogP contribution >= 0.6 is 0 Å². The van der Waals surface area contributed by atoms with Gasteiger partial charge in [0.25, 0.3) is 11.4 Å². The monoisotopic (exact) mass is 170 g/mol. The number of nitrogens with zero attached hydrogens (tertiary/aromatic N) is 2. The topological polar surface area (TPSA) is 86.3 Å². The largest absolute Gasteiger partial charge is 0.276 e. The third kappa shape index (κ3) is 1.54. The molecule has 12 heavy (non-hydrogen) atoms. The van der Waals surface area contributed by atoms with E-state index < -0.39 is 27.3 Å². The van der Waals surface area contributed by atoms with Crippen molar-refractivity contribution >= 4 is 11.4 Å². The van der Waals surface area contributed by atoms with Gasteiger partial charge in [0.15, 0.2) is 0 Å². The van der Waals surface area contributed by atoms with E-state index in [-0.39, 0.29) is 0 Å². The minimum Gasteiger partial charge on any atom is -0.258 e. The van der Waals surface area contributed by atoms with Gasteiger partial charge in [-0.05, 0) is 6.07 Å². The summed E-state index contributed by atoms with van der Waals surface area (Å²) in [6, 6.07) is 2.61. The molecule has 0 bridgehead atoms. The van der Waals surface area contributed by atoms with E-state index >= 15 is 0 Å². The first-order valence-electron chi connectivity index (χ1n) is 3.42. The third-order valence-corrected chi connectivity index (χ3v) is 1.16. The minimum absolute atomic E-state index is 0.561. The van der Waals surface area contributed by atoms with Gasteiger partial charge < -0.3 is 0 Å². The van der Waals surface area contributed by atoms with E-state index in [1.807, 2.05) is 0 Å². The lowest BCUT2D eigenvalue weighted by atomic mass is 10.3. The second-order valence-electron chi connectivity index (χ2n) is 1.94. The molecule has 0 radical (unpaired) electrons. The smallest absolute Gasteiger partial charge is 0.258 e. The highest BCUT2D eigenvalue weighted by molar-refractivity contribution is 5.42. The van der Waals surface area contributed by atoms with Gasteiger partial charge in [0.1, 0.15) is 0 Å². The summed E-state index contributed by atoms with van der Waals surface area (Å²) >= 11 is 0. The molecule has 0 saturated heterocycles. The average Bonchev–Trinajstić information content (AvgIpc) is 2.03. The third-order valence-electron chi connectivity index (χ3n) is 1.16. The van der Waals surface area contributed by atoms with Crippen LogP contribution in [0.1, 0.15) is 1.37 Å². The van der Waals surface area contributed by atoms with Crippen LogP contribution in [0.3, 0.4) is 0 Å². The quantitative estimate of drug-likeness (QED) is 0.497. The number of benzene rings is 1. The number of nitro groups is 2. The molecule has 1 aromatic rings. The Hall–Kier alpha value is -1.98. The summed E-state index contributed by atoms with van der Waals surface area (Å²) in [6.45, 7) is 0. The van der Waals surface area contributed by atoms with Crippen molar-refractivity contribution in [2.45, 2.75) is 0 Å². The van der Waals surface area contributed by atoms with Crippen molar-refractivity contribution < 1.29 is 11.2 Å². The molecular formula is C6H4N2O4. The van der Waals surface area contributed by atoms with E-state index in [0.29, 0.717) is 0 Å². The van der Waals surface area contributed by atoms with Gasteiger partial charge in [-0.3, -0.25) is 20.2 Å². The van der Waals surface area contributed by atoms with Crippen LogP contribution < -0.4 is 0 Å². The number of rotatable bonds is 2. The normalized spacial score (nSPS) is 10.5. The van der Waals surface area contributed by atoms with Gasteiger partial charge in [-0.1, -0.05) is 0 Å². The summed E-state index contributed by atoms with van der Waals surface area (Å²) in [7, 11) is 0. The minimum atomic E-state index is -0.824. The van der Waals surface area contributed by atoms with Crippen molar-refractivity contribution in [1.82, 2.24) is 0 Å². The molecule has 0 amide bonds. The summed E-state index contributed by atoms with van der Waals surface area (Å²) in [6.07, 6.45) is 0. The predicted molar refractivity (Wildman–Crippen MR) is 39.8 cm³/mol. The Morgan fingerprint density at radius 3 is 1.92 bits per heavy atom. The Balaban J connectivity index is 3.35. The molecule has 0 aliphatic heterocycles. The van der Waals surface area contributed by atoms with Crippen LogP contribution in [0.25, 0.3) is 0 Å². The standard InChI is InChI=1S/C6H4N2O4/c9-7(10)5-2-1-3-6(4-5)8(11)12/h1-4H/i4T. The van der Waals surface area contributed by atoms with Gasteiger partial charge >= 0.3 is 0 Å². The van der Waals surface area contributed by atoms with Crippen molar-refractivity contribution in [1.29, 1.82) is 0 Å². The molecule has 0 N–H and O–H groups in total.